The van der Waals surface area contributed by atoms with Gasteiger partial charge in [-0.25, -0.2) is 28.8 Å². The number of nitrogens with zero attached hydrogens (tertiary/aromatic N) is 4. The fourth-order valence-corrected chi connectivity index (χ4v) is 13.2. The number of carbonyl (C=O) groups excluding carboxylic acids is 8. The number of rotatable bonds is 7. The molecule has 0 radical (unpaired) electrons. The van der Waals surface area contributed by atoms with E-state index in [4.69, 9.17) is 66.2 Å². The van der Waals surface area contributed by atoms with Crippen LogP contribution in [-0.2, 0) is 79.4 Å². The first-order valence-electron chi connectivity index (χ1n) is 34.5. The Balaban J connectivity index is 0.000000254. The highest BCUT2D eigenvalue weighted by atomic mass is 35.5. The molecule has 2 aromatic carbocycles. The molecule has 6 amide bonds. The number of likely N-dealkylation sites (N-methyl/N-ethyl adjacent to an activating group) is 3. The minimum absolute atomic E-state index is 0.00785. The van der Waals surface area contributed by atoms with E-state index in [1.54, 1.807) is 93.9 Å². The molecule has 7 heterocycles. The highest BCUT2D eigenvalue weighted by Crippen LogP contribution is 2.50. The molecule has 29 nitrogen and oxygen atoms in total. The summed E-state index contributed by atoms with van der Waals surface area (Å²) in [5.74, 6) is -3.50. The van der Waals surface area contributed by atoms with Crippen LogP contribution in [0.25, 0.3) is 0 Å². The number of carboxylic acid groups (broad SMARTS) is 1. The van der Waals surface area contributed by atoms with Crippen molar-refractivity contribution in [2.24, 2.45) is 11.8 Å². The normalized spacial score (nSPS) is 32.8. The number of anilines is 2. The van der Waals surface area contributed by atoms with E-state index >= 15 is 0 Å². The summed E-state index contributed by atoms with van der Waals surface area (Å²) in [5.41, 5.74) is 0.532. The Morgan fingerprint density at radius 2 is 1.14 bits per heavy atom. The first-order chi connectivity index (χ1) is 48.7. The molecular weight excluding hydrogens is 1410 g/mol. The first-order valence-corrected chi connectivity index (χ1v) is 35.3. The fraction of sp³-hybridized carbons (Fsp3) is 0.608. The van der Waals surface area contributed by atoms with Crippen LogP contribution in [0.4, 0.5) is 30.6 Å². The summed E-state index contributed by atoms with van der Waals surface area (Å²) in [6, 6.07) is 5.78. The molecule has 31 heteroatoms. The van der Waals surface area contributed by atoms with Gasteiger partial charge in [-0.2, -0.15) is 0 Å². The monoisotopic (exact) mass is 1510 g/mol. The number of aliphatic carboxylic acids is 1. The molecule has 5 fully saturated rings. The summed E-state index contributed by atoms with van der Waals surface area (Å²) in [6.45, 7) is 24.8. The molecule has 0 aliphatic carbocycles. The Labute approximate surface area is 623 Å². The number of fused-ring (bicyclic) bond motifs is 10. The molecule has 0 spiro atoms. The van der Waals surface area contributed by atoms with Crippen LogP contribution in [0.1, 0.15) is 131 Å². The number of epoxide rings is 2. The zero-order chi connectivity index (χ0) is 79.1. The second-order valence-electron chi connectivity index (χ2n) is 29.4. The van der Waals surface area contributed by atoms with Crippen molar-refractivity contribution in [3.8, 4) is 0 Å². The summed E-state index contributed by atoms with van der Waals surface area (Å²) >= 11 is 13.3. The topological polar surface area (TPSA) is 373 Å². The number of halogens is 2. The van der Waals surface area contributed by atoms with Gasteiger partial charge in [-0.3, -0.25) is 34.8 Å². The summed E-state index contributed by atoms with van der Waals surface area (Å²) in [5, 5.41) is 51.5. The molecule has 0 saturated carbocycles. The number of aliphatic hydroxyl groups is 3. The Kier molecular flexibility index (Phi) is 28.7. The lowest BCUT2D eigenvalue weighted by atomic mass is 9.83. The number of esters is 2. The summed E-state index contributed by atoms with van der Waals surface area (Å²) in [6.07, 6.45) is 2.54. The number of benzene rings is 2. The predicted molar refractivity (Wildman–Crippen MR) is 388 cm³/mol. The first kappa shape index (κ1) is 86.2. The van der Waals surface area contributed by atoms with Gasteiger partial charge < -0.3 is 78.2 Å². The Morgan fingerprint density at radius 3 is 1.52 bits per heavy atom. The number of hydrogen-bond donors (Lipinski definition) is 7. The van der Waals surface area contributed by atoms with Crippen LogP contribution >= 0.6 is 23.2 Å². The van der Waals surface area contributed by atoms with E-state index in [0.29, 0.717) is 34.3 Å². The lowest BCUT2D eigenvalue weighted by Crippen LogP contribution is -2.63. The summed E-state index contributed by atoms with van der Waals surface area (Å²) < 4.78 is 49.5. The molecule has 7 N–H and O–H groups in total. The van der Waals surface area contributed by atoms with E-state index in [2.05, 4.69) is 20.7 Å². The molecule has 0 aromatic heterocycles. The Hall–Kier alpha value is -7.71. The predicted octanol–water partition coefficient (Wildman–Crippen LogP) is 8.30. The Morgan fingerprint density at radius 1 is 0.714 bits per heavy atom. The molecule has 7 aliphatic rings. The van der Waals surface area contributed by atoms with Gasteiger partial charge >= 0.3 is 42.3 Å². The summed E-state index contributed by atoms with van der Waals surface area (Å²) in [7, 11) is 10.8. The quantitative estimate of drug-likeness (QED) is 0.0593. The number of hydrogen-bond acceptors (Lipinski definition) is 22. The number of allylic oxidation sites excluding steroid dienone is 6. The zero-order valence-electron chi connectivity index (χ0n) is 63.7. The molecule has 9 rings (SSSR count). The standard InChI is InChI=1S/C32H44ClN3O8.C28H37ClN2O7.C9H17NO4.C5H7NO3/c1-17-10-9-11-24(41-8)32(40)16-23(42-30(39)35-32)19(3)28-31(5,44-28)25(43-29(38)20(4)34-6)15-26(37)36(7)22-14-21(12-17)13-18(2)27(22)33;1-15-8-7-9-22(36-6)28(35)14-20(37-26(34)30-28)17(3)25-27(4,38-25)21(32)13-23(33)31(5)19-12-18(10-15)11-16(2)24(19)29;1-6(7(11)12)10(5)8(13)14-9(2,3)4;1-3-4(7)9-5(8)6(3)2/h9-11,13-14,19-20,23-25,28,34,40H,12,15-16H2,1-8H3,(H,35,39);7-9,11-12,17,20-22,25,32,35H,10,13-14H2,1-6H3,(H,30,34);6H,1-5H3,(H,11,12);3H,1-2H3/b11-9+,17-10+;9-7+,15-8+;;/t19-,20+,23+,24-,25+,28?,31+,32-;17-,20+,21+,22-,25?,27+,28-;6-;3-/m1100/s1. The van der Waals surface area contributed by atoms with Gasteiger partial charge in [-0.1, -0.05) is 96.8 Å². The van der Waals surface area contributed by atoms with Crippen molar-refractivity contribution in [3.05, 3.63) is 104 Å². The Bertz CT molecular complexity index is 3700. The number of ether oxygens (including phenoxy) is 9. The molecular formula is C74H105Cl2N7O22. The molecule has 17 atom stereocenters. The smallest absolute Gasteiger partial charge is 0.418 e. The van der Waals surface area contributed by atoms with E-state index in [1.807, 2.05) is 78.0 Å². The van der Waals surface area contributed by atoms with E-state index in [-0.39, 0.29) is 43.4 Å². The van der Waals surface area contributed by atoms with Gasteiger partial charge in [0.1, 0.15) is 65.4 Å². The third-order valence-electron chi connectivity index (χ3n) is 20.0. The lowest BCUT2D eigenvalue weighted by Gasteiger charge is -2.42. The maximum Gasteiger partial charge on any atom is 0.418 e. The van der Waals surface area contributed by atoms with Crippen LogP contribution in [0.2, 0.25) is 10.0 Å². The van der Waals surface area contributed by atoms with Crippen LogP contribution in [0, 0.1) is 25.7 Å². The number of carboxylic acids is 1. The molecule has 2 aromatic rings. The van der Waals surface area contributed by atoms with E-state index in [0.717, 1.165) is 38.3 Å². The van der Waals surface area contributed by atoms with Gasteiger partial charge in [-0.15, -0.1) is 0 Å². The number of amides is 6. The number of aliphatic hydroxyl groups excluding tert-OH is 1. The second-order valence-corrected chi connectivity index (χ2v) is 30.1. The van der Waals surface area contributed by atoms with Gasteiger partial charge in [0.25, 0.3) is 0 Å². The van der Waals surface area contributed by atoms with Crippen molar-refractivity contribution in [2.45, 2.75) is 231 Å². The molecule has 5 saturated heterocycles. The van der Waals surface area contributed by atoms with Crippen molar-refractivity contribution in [1.82, 2.24) is 25.8 Å². The number of alkyl carbamates (subject to hydrolysis) is 2. The molecule has 8 bridgehead atoms. The third-order valence-corrected chi connectivity index (χ3v) is 21.0. The highest BCUT2D eigenvalue weighted by molar-refractivity contribution is 6.35. The molecule has 7 aliphatic heterocycles. The van der Waals surface area contributed by atoms with Crippen molar-refractivity contribution >= 4 is 88.7 Å². The number of cyclic esters (lactones) is 2. The van der Waals surface area contributed by atoms with Gasteiger partial charge in [0.2, 0.25) is 11.8 Å². The zero-order valence-corrected chi connectivity index (χ0v) is 65.2. The molecule has 105 heavy (non-hydrogen) atoms. The SMILES string of the molecule is CN[C@@H](C)C(=O)O[C@H]1CC(=O)N(C)c2cc(cc(C)c2Cl)C/C(C)=C/C=C/[C@@H](OC)[C@]2(O)C[C@H](OC(=O)N2)[C@@H](C)C2O[C@]21C.CO[C@@H]1/C=C/C=C(\C)Cc2cc(C)c(Cl)c(c2)N(C)C(=O)C[C@H](O)[C@]2(C)OC2[C@H](C)[C@@H]2C[C@]1(O)NC(=O)O2.C[C@@H](C(=O)O)N(C)C(=O)OC(C)(C)C.C[C@H]1C(=O)OC(=O)N1C. The highest BCUT2D eigenvalue weighted by Gasteiger charge is 2.65. The van der Waals surface area contributed by atoms with Gasteiger partial charge in [0.05, 0.1) is 52.6 Å². The lowest BCUT2D eigenvalue weighted by molar-refractivity contribution is -0.155. The second kappa shape index (κ2) is 34.9. The maximum absolute atomic E-state index is 13.8. The van der Waals surface area contributed by atoms with Crippen LogP contribution in [-0.4, -0.2) is 229 Å². The van der Waals surface area contributed by atoms with Crippen molar-refractivity contribution in [1.29, 1.82) is 0 Å². The fourth-order valence-electron chi connectivity index (χ4n) is 12.7. The number of methoxy groups -OCH3 is 2. The number of aryl methyl sites for hydroxylation is 2. The van der Waals surface area contributed by atoms with Crippen molar-refractivity contribution in [3.63, 3.8) is 0 Å². The minimum Gasteiger partial charge on any atom is -0.480 e. The summed E-state index contributed by atoms with van der Waals surface area (Å²) in [4.78, 5) is 113. The van der Waals surface area contributed by atoms with Gasteiger partial charge in [0, 0.05) is 67.1 Å². The molecule has 2 unspecified atom stereocenters. The van der Waals surface area contributed by atoms with Crippen molar-refractivity contribution < 1.29 is 106 Å². The maximum atomic E-state index is 13.8. The third kappa shape index (κ3) is 21.1. The number of carbonyl (C=O) groups is 9. The largest absolute Gasteiger partial charge is 0.480 e. The number of nitrogens with one attached hydrogen (secondary N) is 3. The minimum atomic E-state index is -1.76. The van der Waals surface area contributed by atoms with Crippen molar-refractivity contribution in [2.75, 3.05) is 59.3 Å². The van der Waals surface area contributed by atoms with E-state index < -0.39 is 143 Å². The van der Waals surface area contributed by atoms with Crippen LogP contribution in [0.5, 0.6) is 0 Å². The van der Waals surface area contributed by atoms with Crippen LogP contribution < -0.4 is 25.8 Å². The average molecular weight is 1520 g/mol. The van der Waals surface area contributed by atoms with Crippen LogP contribution in [0.3, 0.4) is 0 Å². The van der Waals surface area contributed by atoms with Gasteiger partial charge in [0.15, 0.2) is 11.4 Å². The average Bonchev–Trinajstić information content (AvgIpc) is 1.58. The molecule has 582 valence electrons. The van der Waals surface area contributed by atoms with Gasteiger partial charge in [-0.05, 0) is 137 Å². The van der Waals surface area contributed by atoms with Crippen LogP contribution in [0.15, 0.2) is 71.9 Å². The van der Waals surface area contributed by atoms with E-state index in [1.165, 1.54) is 49.9 Å². The van der Waals surface area contributed by atoms with E-state index in [9.17, 15) is 58.5 Å².